The van der Waals surface area contributed by atoms with Crippen molar-refractivity contribution in [2.45, 2.75) is 127 Å². The standard InChI is InChI=1S/C43H57N7O9S/c1-8-27-20-26(2)12-9-10-13-28-24-43(28,39(53)48-60(55,56)42(6)16-17-42)47-37(51)33-22-30(25-49(33)38(52)36(27)46-40(54)59-41(3,4)5)58-34-23-35(50-19-11-18-44-50)45-32-21-29(57-7)14-15-31(32)34/h10-11,13-15,18-19,21,23,26-28,30,33,36H,8-9,12,16-17,20,22,24-25H2,1-7H3,(H,46,54)(H,47,51)(H,48,53)/b13-10-/t26-,27-,28-,30-,33+,36+,43-/m1/s1. The number of pyridine rings is 1. The summed E-state index contributed by atoms with van der Waals surface area (Å²) in [5, 5.41) is 10.8. The molecule has 2 aliphatic heterocycles. The molecule has 0 bridgehead atoms. The second-order valence-corrected chi connectivity index (χ2v) is 20.3. The fourth-order valence-electron chi connectivity index (χ4n) is 8.34. The van der Waals surface area contributed by atoms with Gasteiger partial charge in [0.05, 0.1) is 23.9 Å². The fraction of sp³-hybridized carbons (Fsp3) is 0.581. The van der Waals surface area contributed by atoms with E-state index in [0.717, 1.165) is 6.42 Å². The molecule has 0 radical (unpaired) electrons. The van der Waals surface area contributed by atoms with Gasteiger partial charge in [-0.15, -0.1) is 0 Å². The number of hydrogen-bond donors (Lipinski definition) is 3. The normalized spacial score (nSPS) is 28.6. The highest BCUT2D eigenvalue weighted by molar-refractivity contribution is 7.91. The molecule has 3 N–H and O–H groups in total. The molecule has 2 saturated carbocycles. The number of hydrogen-bond acceptors (Lipinski definition) is 11. The quantitative estimate of drug-likeness (QED) is 0.246. The molecule has 4 amide bonds. The van der Waals surface area contributed by atoms with Gasteiger partial charge in [-0.1, -0.05) is 32.4 Å². The van der Waals surface area contributed by atoms with Gasteiger partial charge in [0.25, 0.3) is 5.91 Å². The Labute approximate surface area is 351 Å². The lowest BCUT2D eigenvalue weighted by Gasteiger charge is -2.34. The zero-order valence-electron chi connectivity index (χ0n) is 35.4. The third-order valence-corrected chi connectivity index (χ3v) is 14.4. The van der Waals surface area contributed by atoms with Gasteiger partial charge < -0.3 is 29.7 Å². The smallest absolute Gasteiger partial charge is 0.408 e. The monoisotopic (exact) mass is 847 g/mol. The van der Waals surface area contributed by atoms with Crippen LogP contribution in [0.25, 0.3) is 16.7 Å². The Morgan fingerprint density at radius 3 is 2.55 bits per heavy atom. The van der Waals surface area contributed by atoms with E-state index < -0.39 is 73.8 Å². The lowest BCUT2D eigenvalue weighted by Crippen LogP contribution is -2.59. The summed E-state index contributed by atoms with van der Waals surface area (Å²) in [6.07, 6.45) is 9.40. The van der Waals surface area contributed by atoms with Gasteiger partial charge in [-0.05, 0) is 96.3 Å². The molecular formula is C43H57N7O9S. The average Bonchev–Trinajstić information content (AvgIpc) is 3.94. The van der Waals surface area contributed by atoms with Crippen LogP contribution < -0.4 is 24.8 Å². The molecule has 3 aromatic rings. The first-order valence-electron chi connectivity index (χ1n) is 20.9. The first kappa shape index (κ1) is 42.9. The Hall–Kier alpha value is -5.19. The lowest BCUT2D eigenvalue weighted by atomic mass is 9.85. The number of benzene rings is 1. The largest absolute Gasteiger partial charge is 0.497 e. The molecule has 4 aliphatic rings. The van der Waals surface area contributed by atoms with Gasteiger partial charge in [-0.3, -0.25) is 19.1 Å². The molecule has 1 aromatic carbocycles. The molecule has 17 heteroatoms. The van der Waals surface area contributed by atoms with Gasteiger partial charge in [0.1, 0.15) is 40.8 Å². The number of nitrogens with one attached hydrogen (secondary N) is 3. The second kappa shape index (κ2) is 16.3. The Balaban J connectivity index is 1.27. The number of carbonyl (C=O) groups is 4. The van der Waals surface area contributed by atoms with Crippen molar-refractivity contribution in [3.05, 3.63) is 54.9 Å². The van der Waals surface area contributed by atoms with Crippen molar-refractivity contribution < 1.29 is 41.8 Å². The van der Waals surface area contributed by atoms with Gasteiger partial charge in [0, 0.05) is 42.3 Å². The van der Waals surface area contributed by atoms with E-state index >= 15 is 4.79 Å². The average molecular weight is 848 g/mol. The van der Waals surface area contributed by atoms with Crippen LogP contribution in [0.4, 0.5) is 4.79 Å². The van der Waals surface area contributed by atoms with E-state index in [9.17, 15) is 22.8 Å². The summed E-state index contributed by atoms with van der Waals surface area (Å²) in [6, 6.07) is 6.68. The Kier molecular flexibility index (Phi) is 11.7. The van der Waals surface area contributed by atoms with Crippen molar-refractivity contribution in [3.63, 3.8) is 0 Å². The van der Waals surface area contributed by atoms with E-state index in [4.69, 9.17) is 19.2 Å². The topological polar surface area (TPSA) is 200 Å². The number of nitrogens with zero attached hydrogens (tertiary/aromatic N) is 4. The highest BCUT2D eigenvalue weighted by atomic mass is 32.2. The van der Waals surface area contributed by atoms with Gasteiger partial charge in [-0.25, -0.2) is 22.9 Å². The number of alkyl carbamates (subject to hydrolysis) is 1. The second-order valence-electron chi connectivity index (χ2n) is 18.1. The Morgan fingerprint density at radius 2 is 1.88 bits per heavy atom. The van der Waals surface area contributed by atoms with Crippen molar-refractivity contribution >= 4 is 44.7 Å². The third-order valence-electron chi connectivity index (χ3n) is 12.3. The fourth-order valence-corrected chi connectivity index (χ4v) is 9.65. The van der Waals surface area contributed by atoms with Crippen LogP contribution in [-0.2, 0) is 29.1 Å². The highest BCUT2D eigenvalue weighted by Crippen LogP contribution is 2.48. The van der Waals surface area contributed by atoms with E-state index in [2.05, 4.69) is 27.4 Å². The molecule has 60 heavy (non-hydrogen) atoms. The minimum Gasteiger partial charge on any atom is -0.497 e. The van der Waals surface area contributed by atoms with Crippen LogP contribution in [0.1, 0.15) is 92.9 Å². The van der Waals surface area contributed by atoms with Crippen molar-refractivity contribution in [1.29, 1.82) is 0 Å². The van der Waals surface area contributed by atoms with Crippen molar-refractivity contribution in [2.24, 2.45) is 17.8 Å². The third kappa shape index (κ3) is 8.96. The first-order chi connectivity index (χ1) is 28.3. The van der Waals surface area contributed by atoms with Crippen LogP contribution in [0.3, 0.4) is 0 Å². The van der Waals surface area contributed by atoms with E-state index in [1.165, 1.54) is 4.90 Å². The summed E-state index contributed by atoms with van der Waals surface area (Å²) in [4.78, 5) is 63.5. The van der Waals surface area contributed by atoms with E-state index in [1.807, 2.05) is 25.1 Å². The van der Waals surface area contributed by atoms with Crippen LogP contribution >= 0.6 is 0 Å². The lowest BCUT2D eigenvalue weighted by molar-refractivity contribution is -0.142. The number of rotatable bonds is 9. The van der Waals surface area contributed by atoms with Gasteiger partial charge in [-0.2, -0.15) is 5.10 Å². The molecule has 7 rings (SSSR count). The van der Waals surface area contributed by atoms with Gasteiger partial charge >= 0.3 is 6.09 Å². The first-order valence-corrected chi connectivity index (χ1v) is 22.3. The summed E-state index contributed by atoms with van der Waals surface area (Å²) >= 11 is 0. The summed E-state index contributed by atoms with van der Waals surface area (Å²) < 4.78 is 47.3. The number of aromatic nitrogens is 3. The molecule has 3 fully saturated rings. The van der Waals surface area contributed by atoms with Gasteiger partial charge in [0.15, 0.2) is 5.82 Å². The number of amides is 4. The number of fused-ring (bicyclic) bond motifs is 3. The molecule has 4 heterocycles. The van der Waals surface area contributed by atoms with Crippen LogP contribution in [0.2, 0.25) is 0 Å². The van der Waals surface area contributed by atoms with Crippen LogP contribution in [0, 0.1) is 17.8 Å². The number of methoxy groups -OCH3 is 1. The maximum absolute atomic E-state index is 15.1. The molecule has 1 saturated heterocycles. The van der Waals surface area contributed by atoms with Crippen molar-refractivity contribution in [2.75, 3.05) is 13.7 Å². The minimum absolute atomic E-state index is 0.0234. The Morgan fingerprint density at radius 1 is 1.12 bits per heavy atom. The van der Waals surface area contributed by atoms with Crippen LogP contribution in [-0.4, -0.2) is 99.6 Å². The molecule has 0 spiro atoms. The molecule has 7 atom stereocenters. The zero-order valence-corrected chi connectivity index (χ0v) is 36.2. The molecule has 16 nitrogen and oxygen atoms in total. The number of allylic oxidation sites excluding steroid dienone is 1. The molecule has 324 valence electrons. The number of carbonyl (C=O) groups excluding carboxylic acids is 4. The van der Waals surface area contributed by atoms with E-state index in [0.29, 0.717) is 60.3 Å². The molecule has 0 unspecified atom stereocenters. The SMILES string of the molecule is CC[C@@H]1C[C@H](C)CC/C=C\[C@@H]2C[C@@]2(C(=O)NS(=O)(=O)C2(C)CC2)NC(=O)[C@@H]2C[C@@H](Oc3cc(-n4cccn4)nc4cc(OC)ccc34)CN2C(=O)[C@H]1NC(=O)OC(C)(C)C. The summed E-state index contributed by atoms with van der Waals surface area (Å²) in [5.41, 5.74) is -1.82. The molecular weight excluding hydrogens is 791 g/mol. The van der Waals surface area contributed by atoms with Crippen molar-refractivity contribution in [1.82, 2.24) is 35.0 Å². The van der Waals surface area contributed by atoms with E-state index in [-0.39, 0.29) is 31.2 Å². The minimum atomic E-state index is -4.02. The predicted octanol–water partition coefficient (Wildman–Crippen LogP) is 4.95. The Bertz CT molecular complexity index is 2270. The van der Waals surface area contributed by atoms with Crippen LogP contribution in [0.15, 0.2) is 54.9 Å². The van der Waals surface area contributed by atoms with Gasteiger partial charge in [0.2, 0.25) is 21.8 Å². The summed E-state index contributed by atoms with van der Waals surface area (Å²) in [6.45, 7) is 10.8. The molecule has 2 aliphatic carbocycles. The molecule has 2 aromatic heterocycles. The maximum atomic E-state index is 15.1. The van der Waals surface area contributed by atoms with Crippen molar-refractivity contribution in [3.8, 4) is 17.3 Å². The summed E-state index contributed by atoms with van der Waals surface area (Å²) in [7, 11) is -2.46. The summed E-state index contributed by atoms with van der Waals surface area (Å²) in [5.74, 6) is -1.08. The highest BCUT2D eigenvalue weighted by Gasteiger charge is 2.63. The van der Waals surface area contributed by atoms with E-state index in [1.54, 1.807) is 76.1 Å². The number of ether oxygens (including phenoxy) is 3. The van der Waals surface area contributed by atoms with Crippen LogP contribution in [0.5, 0.6) is 11.5 Å². The zero-order chi connectivity index (χ0) is 43.2. The maximum Gasteiger partial charge on any atom is 0.408 e. The number of sulfonamides is 1. The predicted molar refractivity (Wildman–Crippen MR) is 223 cm³/mol.